The van der Waals surface area contributed by atoms with Crippen molar-refractivity contribution in [1.29, 1.82) is 0 Å². The smallest absolute Gasteiger partial charge is 0.347 e. The minimum absolute atomic E-state index is 0.0429. The van der Waals surface area contributed by atoms with E-state index in [1.54, 1.807) is 43.3 Å². The third kappa shape index (κ3) is 3.05. The van der Waals surface area contributed by atoms with Crippen molar-refractivity contribution in [2.24, 2.45) is 0 Å². The number of nitrogens with zero attached hydrogens (tertiary/aromatic N) is 1. The first kappa shape index (κ1) is 15.1. The summed E-state index contributed by atoms with van der Waals surface area (Å²) in [6, 6.07) is 16.1. The first-order chi connectivity index (χ1) is 11.1. The van der Waals surface area contributed by atoms with Crippen molar-refractivity contribution in [1.82, 2.24) is 4.98 Å². The molecular formula is C18H13NO3S. The zero-order chi connectivity index (χ0) is 16.4. The predicted molar refractivity (Wildman–Crippen MR) is 89.1 cm³/mol. The number of carbonyl (C=O) groups is 2. The fourth-order valence-electron chi connectivity index (χ4n) is 2.24. The molecule has 114 valence electrons. The number of thiazole rings is 1. The average Bonchev–Trinajstić information content (AvgIpc) is 2.97. The molecule has 1 heterocycles. The van der Waals surface area contributed by atoms with Gasteiger partial charge < -0.3 is 5.11 Å². The van der Waals surface area contributed by atoms with Crippen molar-refractivity contribution < 1.29 is 14.7 Å². The Kier molecular flexibility index (Phi) is 4.04. The molecule has 0 unspecified atom stereocenters. The maximum atomic E-state index is 12.4. The maximum absolute atomic E-state index is 12.4. The fraction of sp³-hybridized carbons (Fsp3) is 0.0556. The quantitative estimate of drug-likeness (QED) is 0.736. The molecule has 0 fully saturated rings. The second kappa shape index (κ2) is 6.14. The molecule has 23 heavy (non-hydrogen) atoms. The van der Waals surface area contributed by atoms with Gasteiger partial charge in [-0.1, -0.05) is 54.6 Å². The number of carbonyl (C=O) groups excluding carboxylic acids is 1. The number of hydrogen-bond donors (Lipinski definition) is 1. The number of carboxylic acids is 1. The van der Waals surface area contributed by atoms with Crippen molar-refractivity contribution in [2.45, 2.75) is 6.92 Å². The van der Waals surface area contributed by atoms with Gasteiger partial charge in [0.15, 0.2) is 5.78 Å². The summed E-state index contributed by atoms with van der Waals surface area (Å²) in [6.45, 7) is 1.68. The summed E-state index contributed by atoms with van der Waals surface area (Å²) in [7, 11) is 0. The summed E-state index contributed by atoms with van der Waals surface area (Å²) >= 11 is 1.14. The summed E-state index contributed by atoms with van der Waals surface area (Å²) in [5.74, 6) is -1.01. The van der Waals surface area contributed by atoms with Crippen LogP contribution in [0, 0.1) is 6.92 Å². The van der Waals surface area contributed by atoms with Crippen molar-refractivity contribution in [2.75, 3.05) is 0 Å². The van der Waals surface area contributed by atoms with E-state index in [1.807, 2.05) is 18.2 Å². The van der Waals surface area contributed by atoms with E-state index in [9.17, 15) is 9.59 Å². The lowest BCUT2D eigenvalue weighted by atomic mass is 10.0. The summed E-state index contributed by atoms with van der Waals surface area (Å²) in [5.41, 5.74) is 2.53. The third-order valence-corrected chi connectivity index (χ3v) is 4.62. The highest BCUT2D eigenvalue weighted by atomic mass is 32.1. The molecule has 0 aliphatic carbocycles. The Morgan fingerprint density at radius 2 is 1.57 bits per heavy atom. The second-order valence-electron chi connectivity index (χ2n) is 5.01. The number of rotatable bonds is 4. The van der Waals surface area contributed by atoms with Gasteiger partial charge in [0.25, 0.3) is 0 Å². The molecular weight excluding hydrogens is 310 g/mol. The van der Waals surface area contributed by atoms with E-state index in [2.05, 4.69) is 4.98 Å². The number of aromatic nitrogens is 1. The summed E-state index contributed by atoms with van der Waals surface area (Å²) < 4.78 is 0. The van der Waals surface area contributed by atoms with Gasteiger partial charge in [-0.3, -0.25) is 4.79 Å². The van der Waals surface area contributed by atoms with Gasteiger partial charge in [0.2, 0.25) is 0 Å². The van der Waals surface area contributed by atoms with Crippen LogP contribution in [0.3, 0.4) is 0 Å². The molecule has 4 nitrogen and oxygen atoms in total. The molecule has 0 aliphatic rings. The molecule has 2 aromatic carbocycles. The Hall–Kier alpha value is -2.79. The monoisotopic (exact) mass is 323 g/mol. The van der Waals surface area contributed by atoms with Gasteiger partial charge in [-0.05, 0) is 6.92 Å². The van der Waals surface area contributed by atoms with E-state index in [0.717, 1.165) is 16.9 Å². The number of carboxylic acid groups (broad SMARTS) is 1. The van der Waals surface area contributed by atoms with Crippen LogP contribution < -0.4 is 0 Å². The summed E-state index contributed by atoms with van der Waals surface area (Å²) in [5, 5.41) is 9.73. The number of aromatic carboxylic acids is 1. The topological polar surface area (TPSA) is 67.3 Å². The van der Waals surface area contributed by atoms with Crippen molar-refractivity contribution in [3.05, 3.63) is 76.3 Å². The van der Waals surface area contributed by atoms with Gasteiger partial charge in [-0.2, -0.15) is 0 Å². The average molecular weight is 323 g/mol. The Morgan fingerprint density at radius 1 is 0.957 bits per heavy atom. The number of hydrogen-bond acceptors (Lipinski definition) is 4. The highest BCUT2D eigenvalue weighted by molar-refractivity contribution is 7.17. The molecule has 0 saturated carbocycles. The first-order valence-corrected chi connectivity index (χ1v) is 7.79. The Balaban J connectivity index is 1.89. The largest absolute Gasteiger partial charge is 0.477 e. The fourth-order valence-corrected chi connectivity index (χ4v) is 3.15. The lowest BCUT2D eigenvalue weighted by Crippen LogP contribution is -2.00. The standard InChI is InChI=1S/C18H13NO3S/c1-11-16(18(21)22)23-17(19-11)14-9-7-13(8-10-14)15(20)12-5-3-2-4-6-12/h2-10H,1H3,(H,21,22). The Labute approximate surface area is 137 Å². The summed E-state index contributed by atoms with van der Waals surface area (Å²) in [4.78, 5) is 28.0. The molecule has 3 aromatic rings. The zero-order valence-corrected chi connectivity index (χ0v) is 13.1. The van der Waals surface area contributed by atoms with E-state index < -0.39 is 5.97 Å². The number of benzene rings is 2. The highest BCUT2D eigenvalue weighted by Crippen LogP contribution is 2.28. The maximum Gasteiger partial charge on any atom is 0.347 e. The Bertz CT molecular complexity index is 867. The van der Waals surface area contributed by atoms with E-state index in [0.29, 0.717) is 21.8 Å². The van der Waals surface area contributed by atoms with Gasteiger partial charge in [0.05, 0.1) is 5.69 Å². The minimum Gasteiger partial charge on any atom is -0.477 e. The molecule has 1 aromatic heterocycles. The van der Waals surface area contributed by atoms with Crippen molar-refractivity contribution in [3.63, 3.8) is 0 Å². The third-order valence-electron chi connectivity index (χ3n) is 3.42. The number of ketones is 1. The van der Waals surface area contributed by atoms with Crippen LogP contribution in [0.4, 0.5) is 0 Å². The number of aryl methyl sites for hydroxylation is 1. The van der Waals surface area contributed by atoms with E-state index in [-0.39, 0.29) is 10.7 Å². The van der Waals surface area contributed by atoms with E-state index in [1.165, 1.54) is 0 Å². The van der Waals surface area contributed by atoms with Crippen LogP contribution >= 0.6 is 11.3 Å². The SMILES string of the molecule is Cc1nc(-c2ccc(C(=O)c3ccccc3)cc2)sc1C(=O)O. The van der Waals surface area contributed by atoms with Crippen LogP contribution in [0.1, 0.15) is 31.3 Å². The van der Waals surface area contributed by atoms with Gasteiger partial charge in [-0.25, -0.2) is 9.78 Å². The summed E-state index contributed by atoms with van der Waals surface area (Å²) in [6.07, 6.45) is 0. The predicted octanol–water partition coefficient (Wildman–Crippen LogP) is 4.05. The van der Waals surface area contributed by atoms with Gasteiger partial charge in [-0.15, -0.1) is 11.3 Å². The van der Waals surface area contributed by atoms with Crippen LogP contribution in [-0.2, 0) is 0 Å². The first-order valence-electron chi connectivity index (χ1n) is 6.97. The molecule has 0 bridgehead atoms. The van der Waals surface area contributed by atoms with Crippen LogP contribution in [0.2, 0.25) is 0 Å². The highest BCUT2D eigenvalue weighted by Gasteiger charge is 2.15. The van der Waals surface area contributed by atoms with E-state index in [4.69, 9.17) is 5.11 Å². The van der Waals surface area contributed by atoms with Gasteiger partial charge in [0.1, 0.15) is 9.88 Å². The molecule has 0 aliphatic heterocycles. The van der Waals surface area contributed by atoms with Crippen LogP contribution in [0.5, 0.6) is 0 Å². The van der Waals surface area contributed by atoms with Crippen molar-refractivity contribution >= 4 is 23.1 Å². The normalized spacial score (nSPS) is 10.5. The van der Waals surface area contributed by atoms with Gasteiger partial charge >= 0.3 is 5.97 Å². The second-order valence-corrected chi connectivity index (χ2v) is 6.01. The van der Waals surface area contributed by atoms with Gasteiger partial charge in [0, 0.05) is 16.7 Å². The zero-order valence-electron chi connectivity index (χ0n) is 12.3. The minimum atomic E-state index is -0.970. The Morgan fingerprint density at radius 3 is 2.13 bits per heavy atom. The molecule has 0 saturated heterocycles. The molecule has 5 heteroatoms. The van der Waals surface area contributed by atoms with E-state index >= 15 is 0 Å². The molecule has 0 amide bonds. The lowest BCUT2D eigenvalue weighted by molar-refractivity contribution is 0.0701. The molecule has 3 rings (SSSR count). The van der Waals surface area contributed by atoms with Crippen LogP contribution in [-0.4, -0.2) is 21.8 Å². The molecule has 1 N–H and O–H groups in total. The van der Waals surface area contributed by atoms with Crippen LogP contribution in [0.15, 0.2) is 54.6 Å². The molecule has 0 radical (unpaired) electrons. The lowest BCUT2D eigenvalue weighted by Gasteiger charge is -2.02. The van der Waals surface area contributed by atoms with Crippen LogP contribution in [0.25, 0.3) is 10.6 Å². The molecule has 0 spiro atoms. The van der Waals surface area contributed by atoms with Crippen molar-refractivity contribution in [3.8, 4) is 10.6 Å². The molecule has 0 atom stereocenters.